The molecule has 25 heavy (non-hydrogen) atoms. The SMILES string of the molecule is CC(C)(C)OC(=O)N1CC=C(COc2ccc([N+](=O)[O-])cc2Br)CC1. The van der Waals surface area contributed by atoms with Gasteiger partial charge in [0.25, 0.3) is 5.69 Å². The minimum absolute atomic E-state index is 0.00381. The van der Waals surface area contributed by atoms with Gasteiger partial charge in [0.15, 0.2) is 0 Å². The number of nitro groups is 1. The summed E-state index contributed by atoms with van der Waals surface area (Å²) in [6.07, 6.45) is 2.33. The fourth-order valence-corrected chi connectivity index (χ4v) is 2.71. The number of hydrogen-bond acceptors (Lipinski definition) is 5. The number of rotatable bonds is 4. The molecule has 0 unspecified atom stereocenters. The highest BCUT2D eigenvalue weighted by atomic mass is 79.9. The van der Waals surface area contributed by atoms with Crippen molar-refractivity contribution in [1.82, 2.24) is 4.90 Å². The summed E-state index contributed by atoms with van der Waals surface area (Å²) in [6, 6.07) is 4.38. The van der Waals surface area contributed by atoms with Gasteiger partial charge in [0.2, 0.25) is 0 Å². The van der Waals surface area contributed by atoms with E-state index in [1.165, 1.54) is 12.1 Å². The normalized spacial score (nSPS) is 14.7. The van der Waals surface area contributed by atoms with E-state index in [9.17, 15) is 14.9 Å². The van der Waals surface area contributed by atoms with Crippen LogP contribution in [0.4, 0.5) is 10.5 Å². The fourth-order valence-electron chi connectivity index (χ4n) is 2.23. The lowest BCUT2D eigenvalue weighted by atomic mass is 10.1. The second kappa shape index (κ2) is 7.86. The summed E-state index contributed by atoms with van der Waals surface area (Å²) in [6.45, 7) is 6.95. The molecule has 0 bridgehead atoms. The Labute approximate surface area is 154 Å². The van der Waals surface area contributed by atoms with E-state index < -0.39 is 10.5 Å². The number of halogens is 1. The smallest absolute Gasteiger partial charge is 0.410 e. The van der Waals surface area contributed by atoms with Crippen LogP contribution >= 0.6 is 15.9 Å². The Morgan fingerprint density at radius 1 is 1.40 bits per heavy atom. The van der Waals surface area contributed by atoms with Crippen LogP contribution in [0, 0.1) is 10.1 Å². The van der Waals surface area contributed by atoms with E-state index in [0.717, 1.165) is 5.57 Å². The van der Waals surface area contributed by atoms with Gasteiger partial charge in [-0.15, -0.1) is 0 Å². The molecule has 1 aromatic carbocycles. The summed E-state index contributed by atoms with van der Waals surface area (Å²) in [4.78, 5) is 23.9. The van der Waals surface area contributed by atoms with Crippen LogP contribution in [-0.4, -0.2) is 41.2 Å². The lowest BCUT2D eigenvalue weighted by Crippen LogP contribution is -2.39. The molecule has 1 aliphatic rings. The first-order chi connectivity index (χ1) is 11.7. The van der Waals surface area contributed by atoms with E-state index in [-0.39, 0.29) is 11.8 Å². The molecule has 0 atom stereocenters. The van der Waals surface area contributed by atoms with Crippen LogP contribution < -0.4 is 4.74 Å². The van der Waals surface area contributed by atoms with Gasteiger partial charge in [-0.1, -0.05) is 6.08 Å². The number of carbonyl (C=O) groups excluding carboxylic acids is 1. The molecule has 0 saturated carbocycles. The first-order valence-electron chi connectivity index (χ1n) is 7.88. The number of nitrogens with zero attached hydrogens (tertiary/aromatic N) is 2. The third-order valence-corrected chi connectivity index (χ3v) is 4.11. The van der Waals surface area contributed by atoms with E-state index in [1.54, 1.807) is 11.0 Å². The molecule has 0 fully saturated rings. The lowest BCUT2D eigenvalue weighted by Gasteiger charge is -2.29. The van der Waals surface area contributed by atoms with Crippen molar-refractivity contribution in [2.45, 2.75) is 32.8 Å². The average molecular weight is 413 g/mol. The average Bonchev–Trinajstić information content (AvgIpc) is 2.52. The van der Waals surface area contributed by atoms with Gasteiger partial charge in [0.05, 0.1) is 9.40 Å². The molecule has 1 heterocycles. The van der Waals surface area contributed by atoms with Crippen LogP contribution in [-0.2, 0) is 4.74 Å². The molecule has 2 rings (SSSR count). The predicted molar refractivity (Wildman–Crippen MR) is 96.8 cm³/mol. The highest BCUT2D eigenvalue weighted by Crippen LogP contribution is 2.29. The number of ether oxygens (including phenoxy) is 2. The van der Waals surface area contributed by atoms with Gasteiger partial charge in [-0.3, -0.25) is 10.1 Å². The number of carbonyl (C=O) groups is 1. The van der Waals surface area contributed by atoms with Crippen molar-refractivity contribution >= 4 is 27.7 Å². The molecule has 0 saturated heterocycles. The molecular weight excluding hydrogens is 392 g/mol. The summed E-state index contributed by atoms with van der Waals surface area (Å²) < 4.78 is 11.6. The zero-order valence-electron chi connectivity index (χ0n) is 14.5. The molecular formula is C17H21BrN2O5. The summed E-state index contributed by atoms with van der Waals surface area (Å²) in [5.41, 5.74) is 0.570. The van der Waals surface area contributed by atoms with Crippen LogP contribution in [0.15, 0.2) is 34.3 Å². The van der Waals surface area contributed by atoms with Crippen molar-refractivity contribution in [2.75, 3.05) is 19.7 Å². The van der Waals surface area contributed by atoms with E-state index in [4.69, 9.17) is 9.47 Å². The minimum atomic E-state index is -0.508. The van der Waals surface area contributed by atoms with Crippen LogP contribution in [0.3, 0.4) is 0 Å². The van der Waals surface area contributed by atoms with E-state index in [2.05, 4.69) is 15.9 Å². The molecule has 136 valence electrons. The maximum absolute atomic E-state index is 12.0. The van der Waals surface area contributed by atoms with Crippen LogP contribution in [0.25, 0.3) is 0 Å². The monoisotopic (exact) mass is 412 g/mol. The molecule has 0 N–H and O–H groups in total. The Bertz CT molecular complexity index is 697. The highest BCUT2D eigenvalue weighted by molar-refractivity contribution is 9.10. The number of nitro benzene ring substituents is 1. The predicted octanol–water partition coefficient (Wildman–Crippen LogP) is 4.30. The lowest BCUT2D eigenvalue weighted by molar-refractivity contribution is -0.385. The van der Waals surface area contributed by atoms with Crippen LogP contribution in [0.1, 0.15) is 27.2 Å². The van der Waals surface area contributed by atoms with Crippen LogP contribution in [0.2, 0.25) is 0 Å². The number of non-ortho nitro benzene ring substituents is 1. The van der Waals surface area contributed by atoms with Crippen molar-refractivity contribution < 1.29 is 19.2 Å². The molecule has 1 amide bonds. The van der Waals surface area contributed by atoms with Gasteiger partial charge in [-0.2, -0.15) is 0 Å². The second-order valence-corrected chi connectivity index (χ2v) is 7.55. The maximum Gasteiger partial charge on any atom is 0.410 e. The Hall–Kier alpha value is -2.09. The molecule has 7 nitrogen and oxygen atoms in total. The van der Waals surface area contributed by atoms with Gasteiger partial charge < -0.3 is 14.4 Å². The number of amides is 1. The molecule has 0 radical (unpaired) electrons. The van der Waals surface area contributed by atoms with Crippen molar-refractivity contribution in [3.8, 4) is 5.75 Å². The van der Waals surface area contributed by atoms with Crippen molar-refractivity contribution in [3.05, 3.63) is 44.4 Å². The molecule has 1 aromatic rings. The van der Waals surface area contributed by atoms with Crippen LogP contribution in [0.5, 0.6) is 5.75 Å². The summed E-state index contributed by atoms with van der Waals surface area (Å²) >= 11 is 3.28. The molecule has 8 heteroatoms. The Balaban J connectivity index is 1.89. The number of benzene rings is 1. The quantitative estimate of drug-likeness (QED) is 0.418. The Morgan fingerprint density at radius 3 is 2.64 bits per heavy atom. The zero-order valence-corrected chi connectivity index (χ0v) is 16.0. The Kier molecular flexibility index (Phi) is 6.05. The third kappa shape index (κ3) is 5.74. The van der Waals surface area contributed by atoms with Gasteiger partial charge in [-0.25, -0.2) is 4.79 Å². The summed E-state index contributed by atoms with van der Waals surface area (Å²) in [5.74, 6) is 0.543. The summed E-state index contributed by atoms with van der Waals surface area (Å²) in [5, 5.41) is 10.7. The first-order valence-corrected chi connectivity index (χ1v) is 8.67. The first kappa shape index (κ1) is 19.2. The van der Waals surface area contributed by atoms with Gasteiger partial charge in [0.1, 0.15) is 18.0 Å². The van der Waals surface area contributed by atoms with E-state index >= 15 is 0 Å². The topological polar surface area (TPSA) is 81.9 Å². The largest absolute Gasteiger partial charge is 0.488 e. The van der Waals surface area contributed by atoms with Crippen molar-refractivity contribution in [2.24, 2.45) is 0 Å². The maximum atomic E-state index is 12.0. The van der Waals surface area contributed by atoms with E-state index in [0.29, 0.717) is 36.3 Å². The molecule has 1 aliphatic heterocycles. The van der Waals surface area contributed by atoms with E-state index in [1.807, 2.05) is 26.8 Å². The zero-order chi connectivity index (χ0) is 18.6. The molecule has 0 aliphatic carbocycles. The third-order valence-electron chi connectivity index (χ3n) is 3.49. The molecule has 0 spiro atoms. The standard InChI is InChI=1S/C17H21BrN2O5/c1-17(2,3)25-16(21)19-8-6-12(7-9-19)11-24-15-5-4-13(20(22)23)10-14(15)18/h4-6,10H,7-9,11H2,1-3H3. The number of hydrogen-bond donors (Lipinski definition) is 0. The van der Waals surface area contributed by atoms with Gasteiger partial charge >= 0.3 is 6.09 Å². The highest BCUT2D eigenvalue weighted by Gasteiger charge is 2.23. The van der Waals surface area contributed by atoms with Gasteiger partial charge in [0, 0.05) is 25.2 Å². The Morgan fingerprint density at radius 2 is 2.12 bits per heavy atom. The van der Waals surface area contributed by atoms with Gasteiger partial charge in [-0.05, 0) is 54.8 Å². The van der Waals surface area contributed by atoms with Crippen molar-refractivity contribution in [3.63, 3.8) is 0 Å². The fraction of sp³-hybridized carbons (Fsp3) is 0.471. The molecule has 0 aromatic heterocycles. The second-order valence-electron chi connectivity index (χ2n) is 6.70. The van der Waals surface area contributed by atoms with Crippen molar-refractivity contribution in [1.29, 1.82) is 0 Å². The summed E-state index contributed by atoms with van der Waals surface area (Å²) in [7, 11) is 0. The minimum Gasteiger partial charge on any atom is -0.488 e.